The van der Waals surface area contributed by atoms with Gasteiger partial charge in [-0.05, 0) is 5.92 Å². The number of hydrogen-bond donors (Lipinski definition) is 2. The van der Waals surface area contributed by atoms with Gasteiger partial charge in [-0.2, -0.15) is 8.42 Å². The Hall–Kier alpha value is 0.106. The number of rotatable bonds is 3. The van der Waals surface area contributed by atoms with Crippen LogP contribution in [-0.2, 0) is 19.4 Å². The molecule has 0 fully saturated rings. The smallest absolute Gasteiger partial charge is 0.323 e. The van der Waals surface area contributed by atoms with Gasteiger partial charge in [-0.15, -0.1) is 0 Å². The molecule has 13 heavy (non-hydrogen) atoms. The van der Waals surface area contributed by atoms with Crippen molar-refractivity contribution in [3.8, 4) is 0 Å². The first-order chi connectivity index (χ1) is 5.24. The van der Waals surface area contributed by atoms with Crippen molar-refractivity contribution in [1.29, 1.82) is 0 Å². The van der Waals surface area contributed by atoms with Gasteiger partial charge in [0.05, 0.1) is 0 Å². The first-order valence-corrected chi connectivity index (χ1v) is 4.57. The summed E-state index contributed by atoms with van der Waals surface area (Å²) in [5.74, 6) is -1.41. The number of nitrogens with two attached hydrogens (primary N) is 1. The highest BCUT2D eigenvalue weighted by atomic mass is 32.3. The van der Waals surface area contributed by atoms with Crippen molar-refractivity contribution >= 4 is 39.4 Å². The molecule has 0 spiro atoms. The minimum Gasteiger partial charge on any atom is -0.323 e. The summed E-state index contributed by atoms with van der Waals surface area (Å²) < 4.78 is 31.8. The van der Waals surface area contributed by atoms with Crippen LogP contribution in [0, 0.1) is 5.92 Å². The van der Waals surface area contributed by atoms with Gasteiger partial charge >= 0.3 is 39.4 Å². The third kappa shape index (κ3) is 7.20. The molecule has 1 atom stereocenters. The number of carbonyl (C=O) groups excluding carboxylic acids is 1. The van der Waals surface area contributed by atoms with Gasteiger partial charge in [0.1, 0.15) is 6.04 Å². The molecule has 0 aromatic heterocycles. The highest BCUT2D eigenvalue weighted by molar-refractivity contribution is 7.81. The highest BCUT2D eigenvalue weighted by Gasteiger charge is 2.23. The highest BCUT2D eigenvalue weighted by Crippen LogP contribution is 2.01. The van der Waals surface area contributed by atoms with E-state index in [0.29, 0.717) is 0 Å². The SMILES string of the molecule is CC(C)[C@H](N)C(=O)OS(=O)(=O)O.[MgH2]. The summed E-state index contributed by atoms with van der Waals surface area (Å²) in [6.45, 7) is 3.24. The minimum atomic E-state index is -4.73. The van der Waals surface area contributed by atoms with E-state index in [1.165, 1.54) is 0 Å². The Morgan fingerprint density at radius 2 is 1.85 bits per heavy atom. The Bertz CT molecular complexity index is 262. The predicted molar refractivity (Wildman–Crippen MR) is 49.0 cm³/mol. The second-order valence-electron chi connectivity index (χ2n) is 2.60. The van der Waals surface area contributed by atoms with E-state index in [0.717, 1.165) is 0 Å². The molecule has 0 saturated heterocycles. The van der Waals surface area contributed by atoms with E-state index >= 15 is 0 Å². The van der Waals surface area contributed by atoms with E-state index in [4.69, 9.17) is 10.3 Å². The molecule has 0 aliphatic carbocycles. The lowest BCUT2D eigenvalue weighted by Gasteiger charge is -2.11. The van der Waals surface area contributed by atoms with Gasteiger partial charge in [0.15, 0.2) is 0 Å². The van der Waals surface area contributed by atoms with E-state index in [1.54, 1.807) is 13.8 Å². The monoisotopic (exact) mass is 223 g/mol. The molecule has 8 heteroatoms. The van der Waals surface area contributed by atoms with Crippen LogP contribution in [-0.4, -0.2) is 48.0 Å². The minimum absolute atomic E-state index is 0. The average Bonchev–Trinajstić information content (AvgIpc) is 1.82. The summed E-state index contributed by atoms with van der Waals surface area (Å²) in [6, 6.07) is -1.05. The van der Waals surface area contributed by atoms with Crippen LogP contribution in [0.1, 0.15) is 13.8 Å². The standard InChI is InChI=1S/C5H11NO5S.Mg.2H/c1-3(2)4(6)5(7)11-12(8,9)10;;;/h3-4H,6H2,1-2H3,(H,8,9,10);;;/t4-;;;/m0.../s1. The molecule has 6 nitrogen and oxygen atoms in total. The summed E-state index contributed by atoms with van der Waals surface area (Å²) in [5, 5.41) is 0. The van der Waals surface area contributed by atoms with E-state index in [-0.39, 0.29) is 29.0 Å². The zero-order valence-electron chi connectivity index (χ0n) is 6.72. The van der Waals surface area contributed by atoms with Crippen LogP contribution in [0.3, 0.4) is 0 Å². The van der Waals surface area contributed by atoms with Crippen LogP contribution in [0.5, 0.6) is 0 Å². The summed E-state index contributed by atoms with van der Waals surface area (Å²) in [6.07, 6.45) is 0. The molecular weight excluding hydrogens is 210 g/mol. The van der Waals surface area contributed by atoms with Crippen LogP contribution in [0.4, 0.5) is 0 Å². The lowest BCUT2D eigenvalue weighted by molar-refractivity contribution is -0.136. The van der Waals surface area contributed by atoms with Gasteiger partial charge in [-0.25, -0.2) is 4.79 Å². The van der Waals surface area contributed by atoms with Crippen molar-refractivity contribution in [2.75, 3.05) is 0 Å². The van der Waals surface area contributed by atoms with Crippen molar-refractivity contribution in [2.24, 2.45) is 11.7 Å². The molecule has 0 aliphatic heterocycles. The molecule has 0 aliphatic rings. The van der Waals surface area contributed by atoms with Gasteiger partial charge in [0.2, 0.25) is 0 Å². The Morgan fingerprint density at radius 1 is 1.46 bits per heavy atom. The molecule has 0 unspecified atom stereocenters. The Labute approximate surface area is 92.9 Å². The zero-order valence-corrected chi connectivity index (χ0v) is 7.54. The predicted octanol–water partition coefficient (Wildman–Crippen LogP) is -1.60. The Balaban J connectivity index is 0. The lowest BCUT2D eigenvalue weighted by atomic mass is 10.1. The van der Waals surface area contributed by atoms with Crippen molar-refractivity contribution < 1.29 is 21.9 Å². The molecule has 0 saturated carbocycles. The second kappa shape index (κ2) is 5.76. The molecular formula is C5H13MgNO5S. The second-order valence-corrected chi connectivity index (χ2v) is 3.62. The van der Waals surface area contributed by atoms with Crippen molar-refractivity contribution in [3.05, 3.63) is 0 Å². The van der Waals surface area contributed by atoms with Crippen LogP contribution in [0.2, 0.25) is 0 Å². The molecule has 76 valence electrons. The topological polar surface area (TPSA) is 107 Å². The van der Waals surface area contributed by atoms with Crippen LogP contribution in [0.25, 0.3) is 0 Å². The molecule has 0 radical (unpaired) electrons. The molecule has 0 amide bonds. The normalized spacial score (nSPS) is 13.3. The fourth-order valence-corrected chi connectivity index (χ4v) is 0.750. The van der Waals surface area contributed by atoms with Crippen LogP contribution < -0.4 is 5.73 Å². The summed E-state index contributed by atoms with van der Waals surface area (Å²) in [7, 11) is -4.73. The maximum absolute atomic E-state index is 10.7. The maximum atomic E-state index is 10.7. The quantitative estimate of drug-likeness (QED) is 0.441. The molecule has 0 aromatic carbocycles. The Kier molecular flexibility index (Phi) is 6.90. The molecule has 0 rings (SSSR count). The number of hydrogen-bond acceptors (Lipinski definition) is 5. The van der Waals surface area contributed by atoms with E-state index < -0.39 is 22.4 Å². The van der Waals surface area contributed by atoms with Crippen LogP contribution >= 0.6 is 0 Å². The van der Waals surface area contributed by atoms with Crippen molar-refractivity contribution in [2.45, 2.75) is 19.9 Å². The molecule has 0 heterocycles. The summed E-state index contributed by atoms with van der Waals surface area (Å²) in [4.78, 5) is 10.7. The van der Waals surface area contributed by atoms with E-state index in [1.807, 2.05) is 0 Å². The largest absolute Gasteiger partial charge is 0.449 e. The van der Waals surface area contributed by atoms with Gasteiger partial charge in [-0.3, -0.25) is 4.55 Å². The van der Waals surface area contributed by atoms with Crippen molar-refractivity contribution in [1.82, 2.24) is 0 Å². The molecule has 0 aromatic rings. The third-order valence-corrected chi connectivity index (χ3v) is 1.55. The lowest BCUT2D eigenvalue weighted by Crippen LogP contribution is -2.38. The van der Waals surface area contributed by atoms with Gasteiger partial charge in [-0.1, -0.05) is 13.8 Å². The Morgan fingerprint density at radius 3 is 2.08 bits per heavy atom. The fourth-order valence-electron chi connectivity index (χ4n) is 0.432. The van der Waals surface area contributed by atoms with Crippen molar-refractivity contribution in [3.63, 3.8) is 0 Å². The fraction of sp³-hybridized carbons (Fsp3) is 0.800. The third-order valence-electron chi connectivity index (χ3n) is 1.18. The first kappa shape index (κ1) is 15.6. The molecule has 0 bridgehead atoms. The summed E-state index contributed by atoms with van der Waals surface area (Å²) >= 11 is 0. The van der Waals surface area contributed by atoms with Gasteiger partial charge in [0, 0.05) is 0 Å². The first-order valence-electron chi connectivity index (χ1n) is 3.20. The zero-order chi connectivity index (χ0) is 9.94. The van der Waals surface area contributed by atoms with E-state index in [9.17, 15) is 13.2 Å². The maximum Gasteiger partial charge on any atom is 0.449 e. The van der Waals surface area contributed by atoms with Gasteiger partial charge in [0.25, 0.3) is 0 Å². The summed E-state index contributed by atoms with van der Waals surface area (Å²) in [5.41, 5.74) is 5.22. The van der Waals surface area contributed by atoms with Crippen LogP contribution in [0.15, 0.2) is 0 Å². The number of carbonyl (C=O) groups is 1. The van der Waals surface area contributed by atoms with E-state index in [2.05, 4.69) is 4.18 Å². The average molecular weight is 224 g/mol. The van der Waals surface area contributed by atoms with Gasteiger partial charge < -0.3 is 9.92 Å². The molecule has 3 N–H and O–H groups in total.